The van der Waals surface area contributed by atoms with Gasteiger partial charge in [-0.2, -0.15) is 13.2 Å². The minimum absolute atomic E-state index is 0.0198. The second kappa shape index (κ2) is 12.0. The molecule has 40 heavy (non-hydrogen) atoms. The molecule has 0 spiro atoms. The van der Waals surface area contributed by atoms with Crippen molar-refractivity contribution in [3.8, 4) is 0 Å². The zero-order valence-corrected chi connectivity index (χ0v) is 22.5. The summed E-state index contributed by atoms with van der Waals surface area (Å²) in [4.78, 5) is 27.5. The number of halogens is 3. The van der Waals surface area contributed by atoms with Crippen LogP contribution in [0, 0.1) is 5.92 Å². The molecule has 2 fully saturated rings. The van der Waals surface area contributed by atoms with E-state index in [9.17, 15) is 22.8 Å². The van der Waals surface area contributed by atoms with Crippen molar-refractivity contribution in [3.63, 3.8) is 0 Å². The largest absolute Gasteiger partial charge is 0.416 e. The molecule has 210 valence electrons. The summed E-state index contributed by atoms with van der Waals surface area (Å²) in [6.45, 7) is 1.65. The summed E-state index contributed by atoms with van der Waals surface area (Å²) in [7, 11) is 0. The Morgan fingerprint density at radius 3 is 2.08 bits per heavy atom. The first kappa shape index (κ1) is 28.1. The first-order chi connectivity index (χ1) is 19.2. The molecule has 5 rings (SSSR count). The van der Waals surface area contributed by atoms with Crippen LogP contribution >= 0.6 is 0 Å². The number of hydrogen-bond donors (Lipinski definition) is 1. The quantitative estimate of drug-likeness (QED) is 0.343. The molecule has 2 aliphatic rings. The van der Waals surface area contributed by atoms with Gasteiger partial charge in [0.05, 0.1) is 12.1 Å². The number of carbonyl (C=O) groups excluding carboxylic acids is 2. The van der Waals surface area contributed by atoms with Gasteiger partial charge in [0.2, 0.25) is 0 Å². The fraction of sp³-hybridized carbons (Fsp3) is 0.394. The maximum absolute atomic E-state index is 12.9. The van der Waals surface area contributed by atoms with Crippen LogP contribution in [0.5, 0.6) is 0 Å². The topological polar surface area (TPSA) is 49.4 Å². The highest BCUT2D eigenvalue weighted by molar-refractivity contribution is 5.96. The Bertz CT molecular complexity index is 1260. The van der Waals surface area contributed by atoms with Crippen molar-refractivity contribution in [3.05, 3.63) is 107 Å². The van der Waals surface area contributed by atoms with Crippen LogP contribution in [-0.4, -0.2) is 42.3 Å². The molecular formula is C33H35F3N2O2. The first-order valence-corrected chi connectivity index (χ1v) is 14.1. The van der Waals surface area contributed by atoms with Crippen LogP contribution in [0.15, 0.2) is 84.9 Å². The van der Waals surface area contributed by atoms with Gasteiger partial charge in [0.1, 0.15) is 0 Å². The Morgan fingerprint density at radius 2 is 1.48 bits per heavy atom. The number of benzene rings is 3. The first-order valence-electron chi connectivity index (χ1n) is 14.1. The Hall–Kier alpha value is -3.45. The molecule has 0 aromatic heterocycles. The third-order valence-electron chi connectivity index (χ3n) is 8.71. The second-order valence-corrected chi connectivity index (χ2v) is 11.2. The summed E-state index contributed by atoms with van der Waals surface area (Å²) in [5, 5.41) is 2.50. The van der Waals surface area contributed by atoms with Gasteiger partial charge in [-0.1, -0.05) is 66.7 Å². The maximum atomic E-state index is 12.9. The summed E-state index contributed by atoms with van der Waals surface area (Å²) in [5.74, 6) is -0.536. The van der Waals surface area contributed by atoms with Gasteiger partial charge in [0, 0.05) is 30.0 Å². The zero-order valence-electron chi connectivity index (χ0n) is 22.5. The van der Waals surface area contributed by atoms with Crippen LogP contribution in [0.3, 0.4) is 0 Å². The molecular weight excluding hydrogens is 513 g/mol. The highest BCUT2D eigenvalue weighted by atomic mass is 19.4. The molecule has 1 saturated carbocycles. The van der Waals surface area contributed by atoms with E-state index in [1.165, 1.54) is 23.3 Å². The molecule has 7 heteroatoms. The number of alkyl halides is 3. The van der Waals surface area contributed by atoms with Crippen LogP contribution in [0.2, 0.25) is 0 Å². The highest BCUT2D eigenvalue weighted by Crippen LogP contribution is 2.46. The Morgan fingerprint density at radius 1 is 0.850 bits per heavy atom. The van der Waals surface area contributed by atoms with Gasteiger partial charge in [0.15, 0.2) is 5.78 Å². The van der Waals surface area contributed by atoms with Gasteiger partial charge in [-0.25, -0.2) is 0 Å². The standard InChI is InChI=1S/C33H35F3N2O2/c34-33(35,36)28-13-7-8-25(21-28)31(40)37-22-30(39)20-24-16-19-38(23-24)29-14-17-32(18-15-29,26-9-3-1-4-10-26)27-11-5-2-6-12-27/h1-13,21,24,29H,14-20,22-23H2,(H,37,40)/t24-/m0/s1. The molecule has 1 amide bonds. The number of nitrogens with one attached hydrogen (secondary N) is 1. The van der Waals surface area contributed by atoms with Gasteiger partial charge in [-0.15, -0.1) is 0 Å². The summed E-state index contributed by atoms with van der Waals surface area (Å²) < 4.78 is 38.8. The normalized spacial score (nSPS) is 19.8. The number of amides is 1. The van der Waals surface area contributed by atoms with Gasteiger partial charge < -0.3 is 10.2 Å². The van der Waals surface area contributed by atoms with Gasteiger partial charge in [-0.3, -0.25) is 9.59 Å². The number of Topliss-reactive ketones (excluding diaryl/α,β-unsaturated/α-hetero) is 1. The molecule has 1 saturated heterocycles. The van der Waals surface area contributed by atoms with E-state index in [1.54, 1.807) is 0 Å². The van der Waals surface area contributed by atoms with Crippen molar-refractivity contribution >= 4 is 11.7 Å². The molecule has 1 atom stereocenters. The van der Waals surface area contributed by atoms with Gasteiger partial charge >= 0.3 is 6.18 Å². The van der Waals surface area contributed by atoms with Crippen molar-refractivity contribution in [2.75, 3.05) is 19.6 Å². The molecule has 0 bridgehead atoms. The number of nitrogens with zero attached hydrogens (tertiary/aromatic N) is 1. The monoisotopic (exact) mass is 548 g/mol. The Labute approximate surface area is 233 Å². The van der Waals surface area contributed by atoms with Gasteiger partial charge in [0.25, 0.3) is 5.91 Å². The van der Waals surface area contributed by atoms with Crippen molar-refractivity contribution in [1.82, 2.24) is 10.2 Å². The van der Waals surface area contributed by atoms with Crippen LogP contribution in [0.25, 0.3) is 0 Å². The summed E-state index contributed by atoms with van der Waals surface area (Å²) in [6.07, 6.45) is 1.12. The van der Waals surface area contributed by atoms with E-state index >= 15 is 0 Å². The van der Waals surface area contributed by atoms with Crippen molar-refractivity contribution < 1.29 is 22.8 Å². The fourth-order valence-corrected chi connectivity index (χ4v) is 6.59. The predicted molar refractivity (Wildman–Crippen MR) is 149 cm³/mol. The van der Waals surface area contributed by atoms with Gasteiger partial charge in [-0.05, 0) is 73.9 Å². The molecule has 1 aliphatic heterocycles. The van der Waals surface area contributed by atoms with E-state index in [4.69, 9.17) is 0 Å². The van der Waals surface area contributed by atoms with Crippen LogP contribution in [0.1, 0.15) is 65.6 Å². The smallest absolute Gasteiger partial charge is 0.345 e. The van der Waals surface area contributed by atoms with E-state index < -0.39 is 17.6 Å². The average Bonchev–Trinajstić information content (AvgIpc) is 3.45. The van der Waals surface area contributed by atoms with E-state index in [0.717, 1.165) is 57.3 Å². The van der Waals surface area contributed by atoms with Crippen LogP contribution < -0.4 is 5.32 Å². The summed E-state index contributed by atoms with van der Waals surface area (Å²) >= 11 is 0. The van der Waals surface area contributed by atoms with Crippen molar-refractivity contribution in [2.45, 2.75) is 56.2 Å². The van der Waals surface area contributed by atoms with E-state index in [0.29, 0.717) is 12.5 Å². The molecule has 0 radical (unpaired) electrons. The van der Waals surface area contributed by atoms with Crippen molar-refractivity contribution in [2.24, 2.45) is 5.92 Å². The lowest BCUT2D eigenvalue weighted by atomic mass is 9.64. The van der Waals surface area contributed by atoms with E-state index in [2.05, 4.69) is 70.9 Å². The lowest BCUT2D eigenvalue weighted by molar-refractivity contribution is -0.137. The minimum Gasteiger partial charge on any atom is -0.345 e. The molecule has 3 aromatic carbocycles. The molecule has 3 aromatic rings. The molecule has 1 aliphatic carbocycles. The van der Waals surface area contributed by atoms with Crippen LogP contribution in [0.4, 0.5) is 13.2 Å². The number of likely N-dealkylation sites (tertiary alicyclic amines) is 1. The lowest BCUT2D eigenvalue weighted by Gasteiger charge is -2.44. The number of ketones is 1. The number of carbonyl (C=O) groups is 2. The molecule has 0 unspecified atom stereocenters. The highest BCUT2D eigenvalue weighted by Gasteiger charge is 2.41. The molecule has 1 heterocycles. The zero-order chi connectivity index (χ0) is 28.2. The Kier molecular flexibility index (Phi) is 8.40. The predicted octanol–water partition coefficient (Wildman–Crippen LogP) is 6.65. The molecule has 4 nitrogen and oxygen atoms in total. The number of hydrogen-bond acceptors (Lipinski definition) is 3. The third-order valence-corrected chi connectivity index (χ3v) is 8.71. The maximum Gasteiger partial charge on any atom is 0.416 e. The summed E-state index contributed by atoms with van der Waals surface area (Å²) in [5.41, 5.74) is 1.78. The summed E-state index contributed by atoms with van der Waals surface area (Å²) in [6, 6.07) is 26.3. The average molecular weight is 549 g/mol. The second-order valence-electron chi connectivity index (χ2n) is 11.2. The SMILES string of the molecule is O=C(CNC(=O)c1cccc(C(F)(F)F)c1)C[C@@H]1CCN(C2CCC(c3ccccc3)(c3ccccc3)CC2)C1. The fourth-order valence-electron chi connectivity index (χ4n) is 6.59. The minimum atomic E-state index is -4.52. The van der Waals surface area contributed by atoms with E-state index in [-0.39, 0.29) is 29.2 Å². The van der Waals surface area contributed by atoms with Crippen molar-refractivity contribution in [1.29, 1.82) is 0 Å². The Balaban J connectivity index is 1.12. The third kappa shape index (κ3) is 6.30. The lowest BCUT2D eigenvalue weighted by Crippen LogP contribution is -2.42. The van der Waals surface area contributed by atoms with Crippen LogP contribution in [-0.2, 0) is 16.4 Å². The number of rotatable bonds is 8. The molecule has 1 N–H and O–H groups in total. The van der Waals surface area contributed by atoms with E-state index in [1.807, 2.05) is 0 Å².